The summed E-state index contributed by atoms with van der Waals surface area (Å²) in [6.45, 7) is 2.84. The Bertz CT molecular complexity index is 881. The Balaban J connectivity index is 1.50. The van der Waals surface area contributed by atoms with Crippen molar-refractivity contribution in [3.05, 3.63) is 47.5 Å². The van der Waals surface area contributed by atoms with Crippen molar-refractivity contribution in [1.29, 1.82) is 0 Å². The molecular formula is C19H19ClN2O2S2. The summed E-state index contributed by atoms with van der Waals surface area (Å²) in [5.74, 6) is 1.06. The molecule has 1 aromatic heterocycles. The number of benzene rings is 2. The molecule has 4 nitrogen and oxygen atoms in total. The molecule has 26 heavy (non-hydrogen) atoms. The standard InChI is InChI=1S/C19H19ClN2O2S2/c1-2-3-10-24-15-7-5-14(6-8-15)21-18(23)12-25-19-22-16-11-13(20)4-9-17(16)26-19/h4-9,11H,2-3,10,12H2,1H3,(H,21,23). The Morgan fingerprint density at radius 2 is 2.08 bits per heavy atom. The maximum atomic E-state index is 12.1. The van der Waals surface area contributed by atoms with E-state index in [1.165, 1.54) is 11.8 Å². The molecule has 0 saturated carbocycles. The van der Waals surface area contributed by atoms with Crippen LogP contribution < -0.4 is 10.1 Å². The highest BCUT2D eigenvalue weighted by Gasteiger charge is 2.09. The number of thiazole rings is 1. The fraction of sp³-hybridized carbons (Fsp3) is 0.263. The minimum atomic E-state index is -0.0630. The van der Waals surface area contributed by atoms with E-state index in [0.717, 1.165) is 38.8 Å². The first kappa shape index (κ1) is 19.0. The predicted molar refractivity (Wildman–Crippen MR) is 111 cm³/mol. The first-order valence-electron chi connectivity index (χ1n) is 8.35. The number of anilines is 1. The van der Waals surface area contributed by atoms with Gasteiger partial charge in [0.15, 0.2) is 4.34 Å². The van der Waals surface area contributed by atoms with Gasteiger partial charge < -0.3 is 10.1 Å². The minimum absolute atomic E-state index is 0.0630. The monoisotopic (exact) mass is 406 g/mol. The number of hydrogen-bond donors (Lipinski definition) is 1. The van der Waals surface area contributed by atoms with Gasteiger partial charge in [0.25, 0.3) is 0 Å². The molecule has 0 saturated heterocycles. The maximum Gasteiger partial charge on any atom is 0.234 e. The number of hydrogen-bond acceptors (Lipinski definition) is 5. The average molecular weight is 407 g/mol. The normalized spacial score (nSPS) is 10.8. The third-order valence-electron chi connectivity index (χ3n) is 3.56. The summed E-state index contributed by atoms with van der Waals surface area (Å²) in [5.41, 5.74) is 1.62. The van der Waals surface area contributed by atoms with Gasteiger partial charge in [0.05, 0.1) is 22.6 Å². The highest BCUT2D eigenvalue weighted by molar-refractivity contribution is 8.01. The molecule has 1 amide bonds. The lowest BCUT2D eigenvalue weighted by molar-refractivity contribution is -0.113. The number of halogens is 1. The first-order chi connectivity index (χ1) is 12.6. The van der Waals surface area contributed by atoms with Crippen molar-refractivity contribution in [3.63, 3.8) is 0 Å². The summed E-state index contributed by atoms with van der Waals surface area (Å²) >= 11 is 8.96. The van der Waals surface area contributed by atoms with Crippen LogP contribution in [0, 0.1) is 0 Å². The van der Waals surface area contributed by atoms with E-state index in [2.05, 4.69) is 17.2 Å². The second kappa shape index (κ2) is 9.26. The molecule has 0 atom stereocenters. The lowest BCUT2D eigenvalue weighted by atomic mass is 10.3. The van der Waals surface area contributed by atoms with Gasteiger partial charge in [-0.2, -0.15) is 0 Å². The largest absolute Gasteiger partial charge is 0.494 e. The summed E-state index contributed by atoms with van der Waals surface area (Å²) in [5, 5.41) is 3.56. The van der Waals surface area contributed by atoms with E-state index in [1.54, 1.807) is 11.3 Å². The van der Waals surface area contributed by atoms with Crippen LogP contribution in [0.2, 0.25) is 5.02 Å². The smallest absolute Gasteiger partial charge is 0.234 e. The summed E-state index contributed by atoms with van der Waals surface area (Å²) in [6, 6.07) is 13.1. The lowest BCUT2D eigenvalue weighted by Crippen LogP contribution is -2.13. The fourth-order valence-corrected chi connectivity index (χ4v) is 4.25. The van der Waals surface area contributed by atoms with E-state index in [-0.39, 0.29) is 5.91 Å². The molecule has 7 heteroatoms. The molecule has 0 aliphatic rings. The van der Waals surface area contributed by atoms with Crippen LogP contribution >= 0.6 is 34.7 Å². The molecule has 0 aliphatic heterocycles. The van der Waals surface area contributed by atoms with Crippen LogP contribution in [-0.2, 0) is 4.79 Å². The van der Waals surface area contributed by atoms with E-state index in [0.29, 0.717) is 17.4 Å². The van der Waals surface area contributed by atoms with Gasteiger partial charge in [0.1, 0.15) is 5.75 Å². The quantitative estimate of drug-likeness (QED) is 0.376. The molecule has 0 spiro atoms. The third-order valence-corrected chi connectivity index (χ3v) is 5.98. The second-order valence-electron chi connectivity index (χ2n) is 5.66. The van der Waals surface area contributed by atoms with Gasteiger partial charge in [0, 0.05) is 10.7 Å². The lowest BCUT2D eigenvalue weighted by Gasteiger charge is -2.07. The highest BCUT2D eigenvalue weighted by atomic mass is 35.5. The number of aromatic nitrogens is 1. The van der Waals surface area contributed by atoms with Crippen LogP contribution in [0.5, 0.6) is 5.75 Å². The van der Waals surface area contributed by atoms with Gasteiger partial charge in [-0.1, -0.05) is 36.7 Å². The molecule has 0 bridgehead atoms. The van der Waals surface area contributed by atoms with E-state index in [1.807, 2.05) is 42.5 Å². The topological polar surface area (TPSA) is 51.2 Å². The van der Waals surface area contributed by atoms with Gasteiger partial charge in [0.2, 0.25) is 5.91 Å². The molecule has 0 unspecified atom stereocenters. The van der Waals surface area contributed by atoms with Crippen LogP contribution in [0.15, 0.2) is 46.8 Å². The number of carbonyl (C=O) groups is 1. The molecular weight excluding hydrogens is 388 g/mol. The van der Waals surface area contributed by atoms with Gasteiger partial charge in [-0.3, -0.25) is 4.79 Å². The van der Waals surface area contributed by atoms with E-state index in [9.17, 15) is 4.79 Å². The summed E-state index contributed by atoms with van der Waals surface area (Å²) < 4.78 is 7.54. The second-order valence-corrected chi connectivity index (χ2v) is 8.34. The Kier molecular flexibility index (Phi) is 6.77. The number of amides is 1. The van der Waals surface area contributed by atoms with E-state index >= 15 is 0 Å². The molecule has 0 fully saturated rings. The zero-order chi connectivity index (χ0) is 18.4. The van der Waals surface area contributed by atoms with Crippen LogP contribution in [0.1, 0.15) is 19.8 Å². The molecule has 2 aromatic carbocycles. The zero-order valence-electron chi connectivity index (χ0n) is 14.3. The fourth-order valence-electron chi connectivity index (χ4n) is 2.23. The van der Waals surface area contributed by atoms with Crippen molar-refractivity contribution in [2.24, 2.45) is 0 Å². The summed E-state index contributed by atoms with van der Waals surface area (Å²) in [4.78, 5) is 16.6. The van der Waals surface area contributed by atoms with Gasteiger partial charge in [-0.05, 0) is 48.9 Å². The number of ether oxygens (including phenoxy) is 1. The summed E-state index contributed by atoms with van der Waals surface area (Å²) in [7, 11) is 0. The molecule has 1 heterocycles. The van der Waals surface area contributed by atoms with Crippen LogP contribution in [-0.4, -0.2) is 23.3 Å². The number of unbranched alkanes of at least 4 members (excludes halogenated alkanes) is 1. The molecule has 3 aromatic rings. The highest BCUT2D eigenvalue weighted by Crippen LogP contribution is 2.31. The number of fused-ring (bicyclic) bond motifs is 1. The van der Waals surface area contributed by atoms with Crippen molar-refractivity contribution in [3.8, 4) is 5.75 Å². The van der Waals surface area contributed by atoms with Crippen molar-refractivity contribution in [1.82, 2.24) is 4.98 Å². The van der Waals surface area contributed by atoms with E-state index < -0.39 is 0 Å². The number of thioether (sulfide) groups is 1. The summed E-state index contributed by atoms with van der Waals surface area (Å²) in [6.07, 6.45) is 2.14. The third kappa shape index (κ3) is 5.37. The molecule has 1 N–H and O–H groups in total. The van der Waals surface area contributed by atoms with Crippen LogP contribution in [0.3, 0.4) is 0 Å². The Morgan fingerprint density at radius 1 is 1.27 bits per heavy atom. The SMILES string of the molecule is CCCCOc1ccc(NC(=O)CSc2nc3cc(Cl)ccc3s2)cc1. The van der Waals surface area contributed by atoms with Gasteiger partial charge in [-0.15, -0.1) is 11.3 Å². The molecule has 0 aliphatic carbocycles. The molecule has 3 rings (SSSR count). The predicted octanol–water partition coefficient (Wildman–Crippen LogP) is 5.86. The van der Waals surface area contributed by atoms with E-state index in [4.69, 9.17) is 16.3 Å². The first-order valence-corrected chi connectivity index (χ1v) is 10.5. The molecule has 136 valence electrons. The zero-order valence-corrected chi connectivity index (χ0v) is 16.7. The Labute approximate surface area is 165 Å². The minimum Gasteiger partial charge on any atom is -0.494 e. The van der Waals surface area contributed by atoms with Crippen molar-refractivity contribution >= 4 is 56.5 Å². The van der Waals surface area contributed by atoms with Gasteiger partial charge >= 0.3 is 0 Å². The maximum absolute atomic E-state index is 12.1. The number of nitrogens with one attached hydrogen (secondary N) is 1. The Hall–Kier alpha value is -1.76. The number of rotatable bonds is 8. The van der Waals surface area contributed by atoms with Crippen molar-refractivity contribution in [2.45, 2.75) is 24.1 Å². The molecule has 0 radical (unpaired) electrons. The average Bonchev–Trinajstić information content (AvgIpc) is 3.04. The van der Waals surface area contributed by atoms with Crippen LogP contribution in [0.25, 0.3) is 10.2 Å². The van der Waals surface area contributed by atoms with Crippen LogP contribution in [0.4, 0.5) is 5.69 Å². The van der Waals surface area contributed by atoms with Gasteiger partial charge in [-0.25, -0.2) is 4.98 Å². The number of nitrogens with zero attached hydrogens (tertiary/aromatic N) is 1. The van der Waals surface area contributed by atoms with Crippen molar-refractivity contribution in [2.75, 3.05) is 17.7 Å². The number of carbonyl (C=O) groups excluding carboxylic acids is 1. The Morgan fingerprint density at radius 3 is 2.85 bits per heavy atom. The van der Waals surface area contributed by atoms with Crippen molar-refractivity contribution < 1.29 is 9.53 Å².